The number of fused-ring (bicyclic) bond motifs is 1. The van der Waals surface area contributed by atoms with Crippen LogP contribution in [0, 0.1) is 63.7 Å². The quantitative estimate of drug-likeness (QED) is 0.378. The van der Waals surface area contributed by atoms with Gasteiger partial charge >= 0.3 is 21.7 Å². The van der Waals surface area contributed by atoms with Gasteiger partial charge in [0.15, 0.2) is 0 Å². The number of rotatable bonds is 1. The minimum Gasteiger partial charge on any atom is -0.659 e. The Morgan fingerprint density at radius 3 is 1.78 bits per heavy atom. The minimum atomic E-state index is 0. The normalized spacial score (nSPS) is 45.4. The average Bonchev–Trinajstić information content (AvgIpc) is 2.63. The topological polar surface area (TPSA) is 14.1 Å². The van der Waals surface area contributed by atoms with Crippen LogP contribution in [0.15, 0.2) is 0 Å². The predicted octanol–water partition coefficient (Wildman–Crippen LogP) is 6.46. The smallest absolute Gasteiger partial charge is 0.659 e. The van der Waals surface area contributed by atoms with E-state index < -0.39 is 0 Å². The molecule has 0 N–H and O–H groups in total. The van der Waals surface area contributed by atoms with Gasteiger partial charge in [-0.2, -0.15) is 0 Å². The van der Waals surface area contributed by atoms with E-state index in [0.717, 1.165) is 54.0 Å². The van der Waals surface area contributed by atoms with Gasteiger partial charge in [-0.15, -0.1) is 12.6 Å². The summed E-state index contributed by atoms with van der Waals surface area (Å²) in [5, 5.41) is 5.10. The molecule has 0 bridgehead atoms. The fourth-order valence-electron chi connectivity index (χ4n) is 5.84. The maximum absolute atomic E-state index is 5.10. The molecular weight excluding hydrogens is 314 g/mol. The van der Waals surface area contributed by atoms with Crippen LogP contribution in [-0.2, 0) is 21.7 Å². The number of hydrogen-bond acceptors (Lipinski definition) is 0. The molecular formula is C21H41NTi. The first-order valence-corrected chi connectivity index (χ1v) is 8.78. The van der Waals surface area contributed by atoms with Gasteiger partial charge in [0.25, 0.3) is 0 Å². The monoisotopic (exact) mass is 355 g/mol. The third kappa shape index (κ3) is 4.65. The first kappa shape index (κ1) is 25.9. The van der Waals surface area contributed by atoms with Gasteiger partial charge in [0.05, 0.1) is 0 Å². The Morgan fingerprint density at radius 2 is 1.22 bits per heavy atom. The van der Waals surface area contributed by atoms with Crippen molar-refractivity contribution in [2.45, 2.75) is 65.8 Å². The Morgan fingerprint density at radius 1 is 0.696 bits per heavy atom. The molecule has 134 valence electrons. The summed E-state index contributed by atoms with van der Waals surface area (Å²) in [5.74, 6) is 6.43. The van der Waals surface area contributed by atoms with Gasteiger partial charge in [-0.05, 0) is 29.6 Å². The van der Waals surface area contributed by atoms with Crippen LogP contribution in [0.5, 0.6) is 0 Å². The summed E-state index contributed by atoms with van der Waals surface area (Å²) in [6, 6.07) is 0.731. The van der Waals surface area contributed by atoms with E-state index in [4.69, 9.17) is 5.32 Å². The van der Waals surface area contributed by atoms with Crippen molar-refractivity contribution in [3.63, 3.8) is 0 Å². The Labute approximate surface area is 163 Å². The maximum atomic E-state index is 5.10. The van der Waals surface area contributed by atoms with Gasteiger partial charge in [0.2, 0.25) is 0 Å². The fraction of sp³-hybridized carbons (Fsp3) is 0.857. The zero-order chi connectivity index (χ0) is 13.6. The molecule has 2 heteroatoms. The van der Waals surface area contributed by atoms with Crippen LogP contribution < -0.4 is 0 Å². The van der Waals surface area contributed by atoms with Crippen molar-refractivity contribution in [3.8, 4) is 0 Å². The molecule has 3 aliphatic rings. The Balaban J connectivity index is 0. The second-order valence-electron chi connectivity index (χ2n) is 7.91. The molecule has 1 aliphatic heterocycles. The van der Waals surface area contributed by atoms with Crippen LogP contribution in [0.1, 0.15) is 59.8 Å². The molecule has 3 fully saturated rings. The van der Waals surface area contributed by atoms with Crippen molar-refractivity contribution in [2.75, 3.05) is 6.54 Å². The molecule has 7 unspecified atom stereocenters. The molecule has 0 aromatic carbocycles. The Hall–Kier alpha value is 0.674. The van der Waals surface area contributed by atoms with Crippen molar-refractivity contribution >= 4 is 0 Å². The molecule has 1 saturated heterocycles. The summed E-state index contributed by atoms with van der Waals surface area (Å²) in [4.78, 5) is 0. The van der Waals surface area contributed by atoms with Crippen LogP contribution in [0.2, 0.25) is 0 Å². The summed E-state index contributed by atoms with van der Waals surface area (Å²) in [7, 11) is 0. The van der Waals surface area contributed by atoms with Crippen molar-refractivity contribution in [2.24, 2.45) is 41.4 Å². The first-order chi connectivity index (χ1) is 9.11. The van der Waals surface area contributed by atoms with E-state index >= 15 is 0 Å². The fourth-order valence-corrected chi connectivity index (χ4v) is 5.84. The summed E-state index contributed by atoms with van der Waals surface area (Å²) < 4.78 is 0. The van der Waals surface area contributed by atoms with Gasteiger partial charge in [0.1, 0.15) is 0 Å². The third-order valence-electron chi connectivity index (χ3n) is 7.30. The van der Waals surface area contributed by atoms with Gasteiger partial charge in [-0.25, -0.2) is 0 Å². The first-order valence-electron chi connectivity index (χ1n) is 8.78. The second kappa shape index (κ2) is 10.6. The molecule has 23 heavy (non-hydrogen) atoms. The average molecular weight is 355 g/mol. The number of nitrogens with zero attached hydrogens (tertiary/aromatic N) is 1. The van der Waals surface area contributed by atoms with Crippen molar-refractivity contribution in [3.05, 3.63) is 27.6 Å². The summed E-state index contributed by atoms with van der Waals surface area (Å²) in [5.41, 5.74) is 0. The number of hydrogen-bond donors (Lipinski definition) is 0. The summed E-state index contributed by atoms with van der Waals surface area (Å²) in [6.45, 7) is 11.2. The molecule has 2 aliphatic carbocycles. The molecule has 2 saturated carbocycles. The van der Waals surface area contributed by atoms with E-state index in [0.29, 0.717) is 0 Å². The zero-order valence-electron chi connectivity index (χ0n) is 16.8. The molecule has 0 radical (unpaired) electrons. The second-order valence-corrected chi connectivity index (χ2v) is 7.91. The Bertz CT molecular complexity index is 303. The van der Waals surface area contributed by atoms with Crippen LogP contribution in [0.25, 0.3) is 5.32 Å². The van der Waals surface area contributed by atoms with Crippen LogP contribution in [0.3, 0.4) is 0 Å². The van der Waals surface area contributed by atoms with E-state index in [-0.39, 0.29) is 44.0 Å². The van der Waals surface area contributed by atoms with Crippen LogP contribution >= 0.6 is 0 Å². The van der Waals surface area contributed by atoms with Crippen molar-refractivity contribution < 1.29 is 21.7 Å². The zero-order valence-corrected chi connectivity index (χ0v) is 18.4. The number of piperidine rings is 1. The summed E-state index contributed by atoms with van der Waals surface area (Å²) >= 11 is 0. The van der Waals surface area contributed by atoms with Crippen molar-refractivity contribution in [1.82, 2.24) is 0 Å². The molecule has 0 aromatic rings. The Kier molecular flexibility index (Phi) is 12.0. The van der Waals surface area contributed by atoms with E-state index in [9.17, 15) is 0 Å². The molecule has 1 heterocycles. The summed E-state index contributed by atoms with van der Waals surface area (Å²) in [6.07, 6.45) is 7.22. The van der Waals surface area contributed by atoms with E-state index in [2.05, 4.69) is 27.7 Å². The molecule has 0 aromatic heterocycles. The van der Waals surface area contributed by atoms with Gasteiger partial charge in [-0.1, -0.05) is 71.6 Å². The van der Waals surface area contributed by atoms with Gasteiger partial charge in [-0.3, -0.25) is 0 Å². The van der Waals surface area contributed by atoms with Gasteiger partial charge in [0, 0.05) is 0 Å². The molecule has 3 rings (SSSR count). The van der Waals surface area contributed by atoms with Crippen molar-refractivity contribution in [1.29, 1.82) is 0 Å². The molecule has 1 nitrogen and oxygen atoms in total. The molecule has 7 atom stereocenters. The largest absolute Gasteiger partial charge is 4.00 e. The van der Waals surface area contributed by atoms with E-state index in [1.165, 1.54) is 32.1 Å². The predicted molar refractivity (Wildman–Crippen MR) is 101 cm³/mol. The minimum absolute atomic E-state index is 0. The third-order valence-corrected chi connectivity index (χ3v) is 7.30. The van der Waals surface area contributed by atoms with Gasteiger partial charge < -0.3 is 27.6 Å². The molecule has 0 spiro atoms. The van der Waals surface area contributed by atoms with Crippen LogP contribution in [0.4, 0.5) is 0 Å². The van der Waals surface area contributed by atoms with E-state index in [1.807, 2.05) is 0 Å². The maximum Gasteiger partial charge on any atom is 4.00 e. The molecule has 0 amide bonds. The van der Waals surface area contributed by atoms with Crippen LogP contribution in [-0.4, -0.2) is 12.6 Å². The van der Waals surface area contributed by atoms with E-state index in [1.54, 1.807) is 0 Å². The SMILES string of the molecule is CC1C(C)C(C)C(C2CCCC3CCC[N-]C32)C1C.[CH3-].[CH3-].[CH3-].[Ti+4]. The standard InChI is InChI=1S/C18H32N.3CH3.Ti/c1-11-12(2)14(4)17(13(11)3)16-9-5-7-15-8-6-10-19-18(15)16;;;;/h11-18H,5-10H2,1-4H3;3*1H3;/q4*-1;+4.